The molecule has 1 aliphatic heterocycles. The minimum absolute atomic E-state index is 0.183. The van der Waals surface area contributed by atoms with E-state index in [-0.39, 0.29) is 6.04 Å². The summed E-state index contributed by atoms with van der Waals surface area (Å²) in [6.45, 7) is 1.75. The van der Waals surface area contributed by atoms with Crippen molar-refractivity contribution in [3.8, 4) is 0 Å². The van der Waals surface area contributed by atoms with Crippen molar-refractivity contribution in [1.29, 1.82) is 0 Å². The molecule has 1 saturated heterocycles. The van der Waals surface area contributed by atoms with E-state index in [4.69, 9.17) is 10.8 Å². The minimum Gasteiger partial charge on any atom is -0.465 e. The third kappa shape index (κ3) is 2.64. The Hall–Kier alpha value is -2.28. The first-order valence-electron chi connectivity index (χ1n) is 7.01. The first-order chi connectivity index (χ1) is 10.0. The summed E-state index contributed by atoms with van der Waals surface area (Å²) in [5.41, 5.74) is 8.30. The van der Waals surface area contributed by atoms with Crippen LogP contribution < -0.4 is 16.0 Å². The van der Waals surface area contributed by atoms with Gasteiger partial charge in [-0.15, -0.1) is 0 Å². The van der Waals surface area contributed by atoms with Gasteiger partial charge >= 0.3 is 6.09 Å². The summed E-state index contributed by atoms with van der Waals surface area (Å²) < 4.78 is 2.03. The number of aromatic nitrogens is 2. The molecule has 2 heterocycles. The van der Waals surface area contributed by atoms with Crippen LogP contribution in [0.1, 0.15) is 12.8 Å². The predicted octanol–water partition coefficient (Wildman–Crippen LogP) is 1.59. The smallest absolute Gasteiger partial charge is 0.409 e. The quantitative estimate of drug-likeness (QED) is 0.780. The van der Waals surface area contributed by atoms with Crippen molar-refractivity contribution in [2.45, 2.75) is 18.9 Å². The van der Waals surface area contributed by atoms with Crippen LogP contribution >= 0.6 is 0 Å². The van der Waals surface area contributed by atoms with Crippen LogP contribution in [0, 0.1) is 0 Å². The third-order valence-corrected chi connectivity index (χ3v) is 3.85. The first kappa shape index (κ1) is 13.7. The maximum Gasteiger partial charge on any atom is 0.409 e. The fourth-order valence-electron chi connectivity index (χ4n) is 2.86. The molecule has 4 N–H and O–H groups in total. The van der Waals surface area contributed by atoms with Gasteiger partial charge in [0.25, 0.3) is 0 Å². The zero-order chi connectivity index (χ0) is 15.0. The number of nitrogens with one attached hydrogen (secondary N) is 1. The number of nitrogens with two attached hydrogens (primary N) is 1. The first-order valence-corrected chi connectivity index (χ1v) is 7.01. The molecule has 0 saturated carbocycles. The van der Waals surface area contributed by atoms with Crippen LogP contribution in [0.15, 0.2) is 18.2 Å². The maximum absolute atomic E-state index is 10.7. The van der Waals surface area contributed by atoms with Gasteiger partial charge in [-0.05, 0) is 31.0 Å². The highest BCUT2D eigenvalue weighted by atomic mass is 16.4. The summed E-state index contributed by atoms with van der Waals surface area (Å²) in [6, 6.07) is 5.55. The van der Waals surface area contributed by atoms with Gasteiger partial charge in [-0.1, -0.05) is 0 Å². The van der Waals surface area contributed by atoms with Gasteiger partial charge in [0.2, 0.25) is 5.95 Å². The molecular formula is C14H19N5O2. The molecule has 7 heteroatoms. The van der Waals surface area contributed by atoms with Crippen molar-refractivity contribution < 1.29 is 9.90 Å². The van der Waals surface area contributed by atoms with Gasteiger partial charge in [0, 0.05) is 31.9 Å². The Morgan fingerprint density at radius 3 is 3.05 bits per heavy atom. The number of fused-ring (bicyclic) bond motifs is 1. The number of aryl methyl sites for hydroxylation is 1. The second kappa shape index (κ2) is 5.25. The second-order valence-corrected chi connectivity index (χ2v) is 5.45. The van der Waals surface area contributed by atoms with E-state index in [0.29, 0.717) is 5.69 Å². The zero-order valence-corrected chi connectivity index (χ0v) is 11.9. The molecule has 7 nitrogen and oxygen atoms in total. The van der Waals surface area contributed by atoms with E-state index >= 15 is 0 Å². The summed E-state index contributed by atoms with van der Waals surface area (Å²) in [5, 5.41) is 11.1. The van der Waals surface area contributed by atoms with Gasteiger partial charge in [0.15, 0.2) is 0 Å². The summed E-state index contributed by atoms with van der Waals surface area (Å²) in [4.78, 5) is 17.5. The average molecular weight is 289 g/mol. The number of hydrogen-bond donors (Lipinski definition) is 3. The lowest BCUT2D eigenvalue weighted by atomic mass is 10.1. The van der Waals surface area contributed by atoms with Crippen LogP contribution in [0.4, 0.5) is 16.4 Å². The van der Waals surface area contributed by atoms with E-state index in [1.165, 1.54) is 0 Å². The molecule has 0 bridgehead atoms. The van der Waals surface area contributed by atoms with Crippen LogP contribution in [0.5, 0.6) is 0 Å². The standard InChI is InChI=1S/C14H19N5O2/c1-18-12-5-4-10(16-14(20)21)7-11(12)17-13(18)19-6-2-3-9(15)8-19/h4-5,7,9,16H,2-3,6,8,15H2,1H3,(H,20,21)/t9-/m1/s1. The number of amides is 1. The van der Waals surface area contributed by atoms with Gasteiger partial charge in [0.1, 0.15) is 0 Å². The Morgan fingerprint density at radius 2 is 2.33 bits per heavy atom. The molecule has 3 rings (SSSR count). The number of rotatable bonds is 2. The average Bonchev–Trinajstić information content (AvgIpc) is 2.75. The Bertz CT molecular complexity index is 681. The number of imidazole rings is 1. The van der Waals surface area contributed by atoms with Crippen molar-refractivity contribution in [3.05, 3.63) is 18.2 Å². The van der Waals surface area contributed by atoms with E-state index in [2.05, 4.69) is 15.2 Å². The lowest BCUT2D eigenvalue weighted by molar-refractivity contribution is 0.210. The molecular weight excluding hydrogens is 270 g/mol. The molecule has 0 radical (unpaired) electrons. The molecule has 0 unspecified atom stereocenters. The topological polar surface area (TPSA) is 96.4 Å². The minimum atomic E-state index is -1.08. The van der Waals surface area contributed by atoms with Crippen LogP contribution in [-0.2, 0) is 7.05 Å². The number of benzene rings is 1. The summed E-state index contributed by atoms with van der Waals surface area (Å²) in [5.74, 6) is 0.882. The van der Waals surface area contributed by atoms with E-state index < -0.39 is 6.09 Å². The van der Waals surface area contributed by atoms with Crippen LogP contribution in [0.2, 0.25) is 0 Å². The van der Waals surface area contributed by atoms with E-state index in [9.17, 15) is 4.79 Å². The number of hydrogen-bond acceptors (Lipinski definition) is 4. The number of piperidine rings is 1. The van der Waals surface area contributed by atoms with Crippen molar-refractivity contribution >= 4 is 28.8 Å². The van der Waals surface area contributed by atoms with Gasteiger partial charge in [-0.25, -0.2) is 9.78 Å². The fourth-order valence-corrected chi connectivity index (χ4v) is 2.86. The Kier molecular flexibility index (Phi) is 3.42. The van der Waals surface area contributed by atoms with E-state index in [1.807, 2.05) is 17.7 Å². The molecule has 1 atom stereocenters. The van der Waals surface area contributed by atoms with Crippen molar-refractivity contribution in [3.63, 3.8) is 0 Å². The second-order valence-electron chi connectivity index (χ2n) is 5.45. The Morgan fingerprint density at radius 1 is 1.52 bits per heavy atom. The molecule has 2 aromatic rings. The molecule has 1 aromatic heterocycles. The molecule has 1 amide bonds. The van der Waals surface area contributed by atoms with Gasteiger partial charge in [-0.2, -0.15) is 0 Å². The highest BCUT2D eigenvalue weighted by Crippen LogP contribution is 2.25. The SMILES string of the molecule is Cn1c(N2CCC[C@@H](N)C2)nc2cc(NC(=O)O)ccc21. The molecule has 1 aliphatic rings. The van der Waals surface area contributed by atoms with Crippen LogP contribution in [0.3, 0.4) is 0 Å². The zero-order valence-electron chi connectivity index (χ0n) is 11.9. The van der Waals surface area contributed by atoms with E-state index in [1.54, 1.807) is 12.1 Å². The molecule has 0 aliphatic carbocycles. The van der Waals surface area contributed by atoms with E-state index in [0.717, 1.165) is 42.9 Å². The van der Waals surface area contributed by atoms with Gasteiger partial charge in [-0.3, -0.25) is 5.32 Å². The number of carbonyl (C=O) groups is 1. The summed E-state index contributed by atoms with van der Waals surface area (Å²) in [7, 11) is 1.97. The third-order valence-electron chi connectivity index (χ3n) is 3.85. The summed E-state index contributed by atoms with van der Waals surface area (Å²) >= 11 is 0. The van der Waals surface area contributed by atoms with Crippen molar-refractivity contribution in [2.24, 2.45) is 12.8 Å². The maximum atomic E-state index is 10.7. The lowest BCUT2D eigenvalue weighted by Crippen LogP contribution is -2.43. The van der Waals surface area contributed by atoms with Crippen LogP contribution in [-0.4, -0.2) is 39.9 Å². The lowest BCUT2D eigenvalue weighted by Gasteiger charge is -2.31. The number of anilines is 2. The predicted molar refractivity (Wildman–Crippen MR) is 81.8 cm³/mol. The highest BCUT2D eigenvalue weighted by Gasteiger charge is 2.21. The van der Waals surface area contributed by atoms with Crippen LogP contribution in [0.25, 0.3) is 11.0 Å². The monoisotopic (exact) mass is 289 g/mol. The molecule has 21 heavy (non-hydrogen) atoms. The molecule has 112 valence electrons. The van der Waals surface area contributed by atoms with Crippen molar-refractivity contribution in [2.75, 3.05) is 23.3 Å². The molecule has 0 spiro atoms. The summed E-state index contributed by atoms with van der Waals surface area (Å²) in [6.07, 6.45) is 1.04. The number of nitrogens with zero attached hydrogens (tertiary/aromatic N) is 3. The normalized spacial score (nSPS) is 19.0. The van der Waals surface area contributed by atoms with Gasteiger partial charge in [0.05, 0.1) is 11.0 Å². The fraction of sp³-hybridized carbons (Fsp3) is 0.429. The molecule has 1 fully saturated rings. The Labute approximate surface area is 122 Å². The Balaban J connectivity index is 1.96. The van der Waals surface area contributed by atoms with Gasteiger partial charge < -0.3 is 20.3 Å². The number of carboxylic acid groups (broad SMARTS) is 1. The van der Waals surface area contributed by atoms with Crippen molar-refractivity contribution in [1.82, 2.24) is 9.55 Å². The highest BCUT2D eigenvalue weighted by molar-refractivity contribution is 5.88. The largest absolute Gasteiger partial charge is 0.465 e. The molecule has 1 aromatic carbocycles.